The van der Waals surface area contributed by atoms with Crippen molar-refractivity contribution in [1.29, 1.82) is 0 Å². The zero-order chi connectivity index (χ0) is 12.3. The number of unbranched alkanes of at least 4 members (excludes halogenated alkanes) is 3. The molecule has 0 radical (unpaired) electrons. The van der Waals surface area contributed by atoms with E-state index >= 15 is 0 Å². The lowest BCUT2D eigenvalue weighted by molar-refractivity contribution is 0.0319. The summed E-state index contributed by atoms with van der Waals surface area (Å²) in [5.74, 6) is 0. The van der Waals surface area contributed by atoms with Crippen molar-refractivity contribution in [3.05, 3.63) is 0 Å². The fourth-order valence-corrected chi connectivity index (χ4v) is 2.45. The SMILES string of the molecule is CCCCCCNCCN1CCCC(OC)C1. The Balaban J connectivity index is 1.91. The van der Waals surface area contributed by atoms with Gasteiger partial charge in [-0.2, -0.15) is 0 Å². The number of ether oxygens (including phenoxy) is 1. The van der Waals surface area contributed by atoms with Crippen molar-refractivity contribution >= 4 is 0 Å². The zero-order valence-corrected chi connectivity index (χ0v) is 11.7. The van der Waals surface area contributed by atoms with Gasteiger partial charge in [-0.15, -0.1) is 0 Å². The molecule has 1 fully saturated rings. The summed E-state index contributed by atoms with van der Waals surface area (Å²) in [6.45, 7) is 8.11. The minimum atomic E-state index is 0.466. The third kappa shape index (κ3) is 7.02. The minimum absolute atomic E-state index is 0.466. The molecule has 0 bridgehead atoms. The minimum Gasteiger partial charge on any atom is -0.380 e. The Morgan fingerprint density at radius 1 is 1.24 bits per heavy atom. The van der Waals surface area contributed by atoms with Gasteiger partial charge < -0.3 is 10.1 Å². The molecular formula is C14H30N2O. The van der Waals surface area contributed by atoms with E-state index in [1.54, 1.807) is 0 Å². The van der Waals surface area contributed by atoms with Crippen LogP contribution in [-0.4, -0.2) is 50.8 Å². The van der Waals surface area contributed by atoms with Crippen LogP contribution >= 0.6 is 0 Å². The summed E-state index contributed by atoms with van der Waals surface area (Å²) in [5, 5.41) is 3.54. The second-order valence-corrected chi connectivity index (χ2v) is 5.11. The van der Waals surface area contributed by atoms with E-state index in [2.05, 4.69) is 17.1 Å². The third-order valence-electron chi connectivity index (χ3n) is 3.61. The molecule has 3 heteroatoms. The highest BCUT2D eigenvalue weighted by molar-refractivity contribution is 4.73. The number of likely N-dealkylation sites (tertiary alicyclic amines) is 1. The van der Waals surface area contributed by atoms with Gasteiger partial charge in [-0.25, -0.2) is 0 Å². The molecule has 0 aliphatic carbocycles. The van der Waals surface area contributed by atoms with Gasteiger partial charge in [0.25, 0.3) is 0 Å². The average Bonchev–Trinajstić information content (AvgIpc) is 2.38. The van der Waals surface area contributed by atoms with Crippen molar-refractivity contribution in [3.8, 4) is 0 Å². The van der Waals surface area contributed by atoms with Gasteiger partial charge in [-0.3, -0.25) is 4.90 Å². The summed E-state index contributed by atoms with van der Waals surface area (Å²) in [6.07, 6.45) is 8.39. The van der Waals surface area contributed by atoms with E-state index in [9.17, 15) is 0 Å². The van der Waals surface area contributed by atoms with E-state index in [0.717, 1.165) is 13.1 Å². The maximum Gasteiger partial charge on any atom is 0.0698 e. The Bertz CT molecular complexity index is 176. The highest BCUT2D eigenvalue weighted by Gasteiger charge is 2.18. The van der Waals surface area contributed by atoms with Crippen LogP contribution in [0, 0.1) is 0 Å². The highest BCUT2D eigenvalue weighted by Crippen LogP contribution is 2.11. The molecule has 102 valence electrons. The largest absolute Gasteiger partial charge is 0.380 e. The van der Waals surface area contributed by atoms with Crippen LogP contribution in [0.1, 0.15) is 45.4 Å². The third-order valence-corrected chi connectivity index (χ3v) is 3.61. The number of methoxy groups -OCH3 is 1. The molecule has 1 unspecified atom stereocenters. The van der Waals surface area contributed by atoms with Crippen LogP contribution in [0.25, 0.3) is 0 Å². The summed E-state index contributed by atoms with van der Waals surface area (Å²) < 4.78 is 5.43. The number of hydrogen-bond acceptors (Lipinski definition) is 3. The molecule has 0 amide bonds. The second-order valence-electron chi connectivity index (χ2n) is 5.11. The summed E-state index contributed by atoms with van der Waals surface area (Å²) in [5.41, 5.74) is 0. The maximum atomic E-state index is 5.43. The molecule has 1 rings (SSSR count). The number of piperidine rings is 1. The molecule has 3 nitrogen and oxygen atoms in total. The van der Waals surface area contributed by atoms with Crippen molar-refractivity contribution in [2.24, 2.45) is 0 Å². The summed E-state index contributed by atoms with van der Waals surface area (Å²) in [6, 6.07) is 0. The number of rotatable bonds is 9. The van der Waals surface area contributed by atoms with Crippen molar-refractivity contribution in [3.63, 3.8) is 0 Å². The molecule has 1 saturated heterocycles. The molecule has 1 heterocycles. The summed E-state index contributed by atoms with van der Waals surface area (Å²) in [7, 11) is 1.83. The van der Waals surface area contributed by atoms with Gasteiger partial charge in [0.1, 0.15) is 0 Å². The Labute approximate surface area is 107 Å². The first-order chi connectivity index (χ1) is 8.36. The predicted octanol–water partition coefficient (Wildman–Crippen LogP) is 2.27. The van der Waals surface area contributed by atoms with E-state index < -0.39 is 0 Å². The Morgan fingerprint density at radius 2 is 2.12 bits per heavy atom. The van der Waals surface area contributed by atoms with Gasteiger partial charge in [-0.05, 0) is 32.4 Å². The molecule has 17 heavy (non-hydrogen) atoms. The highest BCUT2D eigenvalue weighted by atomic mass is 16.5. The Morgan fingerprint density at radius 3 is 2.88 bits per heavy atom. The van der Waals surface area contributed by atoms with E-state index in [4.69, 9.17) is 4.74 Å². The van der Waals surface area contributed by atoms with Crippen LogP contribution in [0.4, 0.5) is 0 Å². The molecule has 0 spiro atoms. The molecular weight excluding hydrogens is 212 g/mol. The van der Waals surface area contributed by atoms with Gasteiger partial charge in [0.15, 0.2) is 0 Å². The van der Waals surface area contributed by atoms with Crippen molar-refractivity contribution in [1.82, 2.24) is 10.2 Å². The Kier molecular flexibility index (Phi) is 8.67. The molecule has 0 aromatic rings. The molecule has 1 atom stereocenters. The first-order valence-electron chi connectivity index (χ1n) is 7.32. The van der Waals surface area contributed by atoms with Crippen LogP contribution in [0.15, 0.2) is 0 Å². The maximum absolute atomic E-state index is 5.43. The lowest BCUT2D eigenvalue weighted by atomic mass is 10.1. The van der Waals surface area contributed by atoms with Crippen molar-refractivity contribution < 1.29 is 4.74 Å². The molecule has 0 aromatic heterocycles. The normalized spacial score (nSPS) is 21.9. The average molecular weight is 242 g/mol. The molecule has 1 aliphatic rings. The fourth-order valence-electron chi connectivity index (χ4n) is 2.45. The van der Waals surface area contributed by atoms with Gasteiger partial charge in [0, 0.05) is 26.7 Å². The molecule has 0 aromatic carbocycles. The van der Waals surface area contributed by atoms with Crippen LogP contribution in [0.2, 0.25) is 0 Å². The zero-order valence-electron chi connectivity index (χ0n) is 11.7. The van der Waals surface area contributed by atoms with Crippen LogP contribution < -0.4 is 5.32 Å². The summed E-state index contributed by atoms with van der Waals surface area (Å²) in [4.78, 5) is 2.52. The predicted molar refractivity (Wildman–Crippen MR) is 73.5 cm³/mol. The second kappa shape index (κ2) is 9.86. The Hall–Kier alpha value is -0.120. The number of hydrogen-bond donors (Lipinski definition) is 1. The quantitative estimate of drug-likeness (QED) is 0.628. The van der Waals surface area contributed by atoms with E-state index in [0.29, 0.717) is 6.10 Å². The topological polar surface area (TPSA) is 24.5 Å². The van der Waals surface area contributed by atoms with Crippen LogP contribution in [-0.2, 0) is 4.74 Å². The van der Waals surface area contributed by atoms with Crippen LogP contribution in [0.5, 0.6) is 0 Å². The molecule has 1 N–H and O–H groups in total. The lowest BCUT2D eigenvalue weighted by Crippen LogP contribution is -2.42. The van der Waals surface area contributed by atoms with Gasteiger partial charge in [0.05, 0.1) is 6.10 Å². The summed E-state index contributed by atoms with van der Waals surface area (Å²) >= 11 is 0. The fraction of sp³-hybridized carbons (Fsp3) is 1.00. The van der Waals surface area contributed by atoms with Crippen molar-refractivity contribution in [2.75, 3.05) is 39.8 Å². The van der Waals surface area contributed by atoms with E-state index in [1.807, 2.05) is 7.11 Å². The van der Waals surface area contributed by atoms with E-state index in [1.165, 1.54) is 58.2 Å². The first kappa shape index (κ1) is 14.9. The standard InChI is InChI=1S/C14H30N2O/c1-3-4-5-6-9-15-10-12-16-11-7-8-14(13-16)17-2/h14-15H,3-13H2,1-2H3. The smallest absolute Gasteiger partial charge is 0.0698 e. The number of nitrogens with one attached hydrogen (secondary N) is 1. The van der Waals surface area contributed by atoms with E-state index in [-0.39, 0.29) is 0 Å². The van der Waals surface area contributed by atoms with Gasteiger partial charge in [0.2, 0.25) is 0 Å². The van der Waals surface area contributed by atoms with Gasteiger partial charge >= 0.3 is 0 Å². The van der Waals surface area contributed by atoms with Gasteiger partial charge in [-0.1, -0.05) is 26.2 Å². The van der Waals surface area contributed by atoms with Crippen molar-refractivity contribution in [2.45, 2.75) is 51.6 Å². The monoisotopic (exact) mass is 242 g/mol. The molecule has 0 saturated carbocycles. The van der Waals surface area contributed by atoms with Crippen LogP contribution in [0.3, 0.4) is 0 Å². The molecule has 1 aliphatic heterocycles. The number of nitrogens with zero attached hydrogens (tertiary/aromatic N) is 1. The first-order valence-corrected chi connectivity index (χ1v) is 7.32. The lowest BCUT2D eigenvalue weighted by Gasteiger charge is -2.31.